The maximum atomic E-state index is 13.5. The molecular weight excluding hydrogens is 219 g/mol. The summed E-state index contributed by atoms with van der Waals surface area (Å²) in [7, 11) is 1.73. The van der Waals surface area contributed by atoms with Crippen LogP contribution in [-0.2, 0) is 0 Å². The molecule has 0 fully saturated rings. The highest BCUT2D eigenvalue weighted by Gasteiger charge is 2.06. The molecule has 0 aliphatic heterocycles. The molecule has 88 valence electrons. The SMILES string of the molecule is CNc1ncc(C)c(Nc2ccccc2F)n1. The average molecular weight is 232 g/mol. The zero-order valence-electron chi connectivity index (χ0n) is 9.66. The Hall–Kier alpha value is -2.17. The summed E-state index contributed by atoms with van der Waals surface area (Å²) in [5.74, 6) is 0.778. The van der Waals surface area contributed by atoms with Gasteiger partial charge >= 0.3 is 0 Å². The van der Waals surface area contributed by atoms with Crippen molar-refractivity contribution in [2.75, 3.05) is 17.7 Å². The Morgan fingerprint density at radius 1 is 1.24 bits per heavy atom. The van der Waals surface area contributed by atoms with Crippen molar-refractivity contribution in [2.24, 2.45) is 0 Å². The van der Waals surface area contributed by atoms with Crippen molar-refractivity contribution < 1.29 is 4.39 Å². The number of halogens is 1. The van der Waals surface area contributed by atoms with Gasteiger partial charge in [-0.2, -0.15) is 4.98 Å². The van der Waals surface area contributed by atoms with Crippen LogP contribution in [0.15, 0.2) is 30.5 Å². The minimum Gasteiger partial charge on any atom is -0.357 e. The molecule has 0 spiro atoms. The number of nitrogens with zero attached hydrogens (tertiary/aromatic N) is 2. The Labute approximate surface area is 98.9 Å². The molecule has 2 rings (SSSR count). The van der Waals surface area contributed by atoms with E-state index in [1.165, 1.54) is 6.07 Å². The Balaban J connectivity index is 2.32. The second kappa shape index (κ2) is 4.78. The molecule has 17 heavy (non-hydrogen) atoms. The topological polar surface area (TPSA) is 49.8 Å². The summed E-state index contributed by atoms with van der Waals surface area (Å²) < 4.78 is 13.5. The highest BCUT2D eigenvalue weighted by atomic mass is 19.1. The van der Waals surface area contributed by atoms with Crippen LogP contribution in [0.4, 0.5) is 21.8 Å². The molecule has 0 aliphatic rings. The Bertz CT molecular complexity index is 528. The fourth-order valence-electron chi connectivity index (χ4n) is 1.38. The quantitative estimate of drug-likeness (QED) is 0.854. The summed E-state index contributed by atoms with van der Waals surface area (Å²) in [4.78, 5) is 8.29. The first-order valence-electron chi connectivity index (χ1n) is 5.23. The van der Waals surface area contributed by atoms with Crippen LogP contribution in [0.3, 0.4) is 0 Å². The van der Waals surface area contributed by atoms with Gasteiger partial charge in [0.15, 0.2) is 0 Å². The lowest BCUT2D eigenvalue weighted by Gasteiger charge is -2.10. The van der Waals surface area contributed by atoms with Gasteiger partial charge in [-0.25, -0.2) is 9.37 Å². The van der Waals surface area contributed by atoms with E-state index in [4.69, 9.17) is 0 Å². The molecule has 5 heteroatoms. The van der Waals surface area contributed by atoms with E-state index in [1.807, 2.05) is 6.92 Å². The number of hydrogen-bond acceptors (Lipinski definition) is 4. The van der Waals surface area contributed by atoms with E-state index in [1.54, 1.807) is 31.4 Å². The molecule has 4 nitrogen and oxygen atoms in total. The molecule has 0 aliphatic carbocycles. The largest absolute Gasteiger partial charge is 0.357 e. The number of nitrogens with one attached hydrogen (secondary N) is 2. The minimum atomic E-state index is -0.309. The van der Waals surface area contributed by atoms with E-state index in [-0.39, 0.29) is 5.82 Å². The van der Waals surface area contributed by atoms with Crippen LogP contribution >= 0.6 is 0 Å². The van der Waals surface area contributed by atoms with Gasteiger partial charge in [-0.3, -0.25) is 0 Å². The smallest absolute Gasteiger partial charge is 0.224 e. The van der Waals surface area contributed by atoms with Crippen LogP contribution in [0.2, 0.25) is 0 Å². The van der Waals surface area contributed by atoms with Crippen molar-refractivity contribution in [3.05, 3.63) is 41.8 Å². The lowest BCUT2D eigenvalue weighted by Crippen LogP contribution is -2.03. The summed E-state index contributed by atoms with van der Waals surface area (Å²) in [6.07, 6.45) is 1.68. The summed E-state index contributed by atoms with van der Waals surface area (Å²) in [5, 5.41) is 5.79. The molecule has 0 saturated carbocycles. The first kappa shape index (κ1) is 11.3. The first-order chi connectivity index (χ1) is 8.20. The predicted octanol–water partition coefficient (Wildman–Crippen LogP) is 2.71. The van der Waals surface area contributed by atoms with E-state index < -0.39 is 0 Å². The number of anilines is 3. The second-order valence-electron chi connectivity index (χ2n) is 3.58. The van der Waals surface area contributed by atoms with Gasteiger partial charge in [-0.1, -0.05) is 12.1 Å². The Morgan fingerprint density at radius 2 is 2.00 bits per heavy atom. The third kappa shape index (κ3) is 2.50. The fourth-order valence-corrected chi connectivity index (χ4v) is 1.38. The van der Waals surface area contributed by atoms with E-state index in [0.29, 0.717) is 17.5 Å². The number of benzene rings is 1. The lowest BCUT2D eigenvalue weighted by atomic mass is 10.3. The van der Waals surface area contributed by atoms with Crippen LogP contribution in [0.5, 0.6) is 0 Å². The van der Waals surface area contributed by atoms with E-state index in [2.05, 4.69) is 20.6 Å². The van der Waals surface area contributed by atoms with E-state index in [9.17, 15) is 4.39 Å². The summed E-state index contributed by atoms with van der Waals surface area (Å²) in [6.45, 7) is 1.86. The molecule has 2 aromatic rings. The third-order valence-electron chi connectivity index (χ3n) is 2.32. The predicted molar refractivity (Wildman–Crippen MR) is 66.0 cm³/mol. The van der Waals surface area contributed by atoms with Crippen molar-refractivity contribution in [3.63, 3.8) is 0 Å². The first-order valence-corrected chi connectivity index (χ1v) is 5.23. The average Bonchev–Trinajstić information content (AvgIpc) is 2.35. The maximum absolute atomic E-state index is 13.5. The number of para-hydroxylation sites is 1. The van der Waals surface area contributed by atoms with Gasteiger partial charge in [0.25, 0.3) is 0 Å². The van der Waals surface area contributed by atoms with Crippen LogP contribution in [-0.4, -0.2) is 17.0 Å². The van der Waals surface area contributed by atoms with Gasteiger partial charge in [-0.15, -0.1) is 0 Å². The van der Waals surface area contributed by atoms with Gasteiger partial charge in [0.05, 0.1) is 5.69 Å². The minimum absolute atomic E-state index is 0.309. The Kier molecular flexibility index (Phi) is 3.18. The molecular formula is C12H13FN4. The lowest BCUT2D eigenvalue weighted by molar-refractivity contribution is 0.632. The zero-order valence-corrected chi connectivity index (χ0v) is 9.66. The van der Waals surface area contributed by atoms with Crippen LogP contribution in [0.25, 0.3) is 0 Å². The van der Waals surface area contributed by atoms with Gasteiger partial charge in [-0.05, 0) is 19.1 Å². The van der Waals surface area contributed by atoms with Crippen molar-refractivity contribution >= 4 is 17.5 Å². The molecule has 0 saturated heterocycles. The second-order valence-corrected chi connectivity index (χ2v) is 3.58. The summed E-state index contributed by atoms with van der Waals surface area (Å²) in [5.41, 5.74) is 1.25. The number of hydrogen-bond donors (Lipinski definition) is 2. The van der Waals surface area contributed by atoms with Crippen molar-refractivity contribution in [1.29, 1.82) is 0 Å². The molecule has 2 N–H and O–H groups in total. The van der Waals surface area contributed by atoms with Gasteiger partial charge in [0, 0.05) is 18.8 Å². The normalized spacial score (nSPS) is 10.1. The third-order valence-corrected chi connectivity index (χ3v) is 2.32. The summed E-state index contributed by atoms with van der Waals surface area (Å²) in [6, 6.07) is 6.47. The molecule has 0 bridgehead atoms. The van der Waals surface area contributed by atoms with Crippen molar-refractivity contribution in [2.45, 2.75) is 6.92 Å². The van der Waals surface area contributed by atoms with E-state index in [0.717, 1.165) is 5.56 Å². The van der Waals surface area contributed by atoms with Crippen LogP contribution in [0.1, 0.15) is 5.56 Å². The number of aromatic nitrogens is 2. The van der Waals surface area contributed by atoms with Crippen LogP contribution < -0.4 is 10.6 Å². The van der Waals surface area contributed by atoms with Gasteiger partial charge < -0.3 is 10.6 Å². The summed E-state index contributed by atoms with van der Waals surface area (Å²) >= 11 is 0. The molecule has 1 heterocycles. The highest BCUT2D eigenvalue weighted by Crippen LogP contribution is 2.21. The fraction of sp³-hybridized carbons (Fsp3) is 0.167. The number of rotatable bonds is 3. The standard InChI is InChI=1S/C12H13FN4/c1-8-7-15-12(14-2)17-11(8)16-10-6-4-3-5-9(10)13/h3-7H,1-2H3,(H2,14,15,16,17). The molecule has 0 radical (unpaired) electrons. The van der Waals surface area contributed by atoms with E-state index >= 15 is 0 Å². The molecule has 1 aromatic carbocycles. The molecule has 1 aromatic heterocycles. The van der Waals surface area contributed by atoms with Crippen molar-refractivity contribution in [3.8, 4) is 0 Å². The van der Waals surface area contributed by atoms with Gasteiger partial charge in [0.2, 0.25) is 5.95 Å². The molecule has 0 atom stereocenters. The van der Waals surface area contributed by atoms with Crippen LogP contribution in [0, 0.1) is 12.7 Å². The monoisotopic (exact) mass is 232 g/mol. The molecule has 0 amide bonds. The van der Waals surface area contributed by atoms with Gasteiger partial charge in [0.1, 0.15) is 11.6 Å². The maximum Gasteiger partial charge on any atom is 0.224 e. The zero-order chi connectivity index (χ0) is 12.3. The Morgan fingerprint density at radius 3 is 2.71 bits per heavy atom. The number of aryl methyl sites for hydroxylation is 1. The highest BCUT2D eigenvalue weighted by molar-refractivity contribution is 5.60. The van der Waals surface area contributed by atoms with Crippen molar-refractivity contribution in [1.82, 2.24) is 9.97 Å². The molecule has 0 unspecified atom stereocenters.